The van der Waals surface area contributed by atoms with E-state index < -0.39 is 17.8 Å². The first kappa shape index (κ1) is 17.1. The monoisotopic (exact) mass is 320 g/mol. The fraction of sp³-hybridized carbons (Fsp3) is 0.471. The molecule has 1 atom stereocenters. The molecule has 23 heavy (non-hydrogen) atoms. The van der Waals surface area contributed by atoms with Crippen LogP contribution in [0.2, 0.25) is 0 Å². The second kappa shape index (κ2) is 6.89. The van der Waals surface area contributed by atoms with Gasteiger partial charge in [0, 0.05) is 12.1 Å². The summed E-state index contributed by atoms with van der Waals surface area (Å²) in [7, 11) is 0. The first-order chi connectivity index (χ1) is 10.9. The maximum Gasteiger partial charge on any atom is 0.255 e. The van der Waals surface area contributed by atoms with E-state index in [2.05, 4.69) is 5.32 Å². The van der Waals surface area contributed by atoms with Crippen molar-refractivity contribution in [2.45, 2.75) is 52.1 Å². The molecule has 1 aromatic rings. The molecular formula is C17H21FN2O3. The summed E-state index contributed by atoms with van der Waals surface area (Å²) in [6.07, 6.45) is 1.44. The van der Waals surface area contributed by atoms with E-state index in [0.717, 1.165) is 5.56 Å². The highest BCUT2D eigenvalue weighted by Gasteiger charge is 2.36. The van der Waals surface area contributed by atoms with Crippen molar-refractivity contribution in [3.8, 4) is 0 Å². The summed E-state index contributed by atoms with van der Waals surface area (Å²) in [5, 5.41) is 2.11. The van der Waals surface area contributed by atoms with Crippen LogP contribution in [0, 0.1) is 5.82 Å². The third-order valence-electron chi connectivity index (χ3n) is 4.12. The molecule has 0 spiro atoms. The quantitative estimate of drug-likeness (QED) is 0.818. The van der Waals surface area contributed by atoms with E-state index in [1.807, 2.05) is 20.8 Å². The minimum absolute atomic E-state index is 0.00857. The molecular weight excluding hydrogens is 299 g/mol. The number of hydrogen-bond donors (Lipinski definition) is 1. The minimum Gasteiger partial charge on any atom is -0.322 e. The summed E-state index contributed by atoms with van der Waals surface area (Å²) in [4.78, 5) is 36.5. The lowest BCUT2D eigenvalue weighted by atomic mass is 9.98. The van der Waals surface area contributed by atoms with Gasteiger partial charge in [0.05, 0.1) is 0 Å². The van der Waals surface area contributed by atoms with Gasteiger partial charge in [0.25, 0.3) is 5.91 Å². The molecule has 0 bridgehead atoms. The fourth-order valence-corrected chi connectivity index (χ4v) is 2.93. The molecule has 0 saturated carbocycles. The van der Waals surface area contributed by atoms with Gasteiger partial charge in [-0.15, -0.1) is 0 Å². The van der Waals surface area contributed by atoms with E-state index in [1.165, 1.54) is 11.0 Å². The van der Waals surface area contributed by atoms with Gasteiger partial charge < -0.3 is 4.90 Å². The Hall–Kier alpha value is -2.24. The number of nitrogens with one attached hydrogen (secondary N) is 1. The molecule has 1 N–H and O–H groups in total. The molecule has 1 heterocycles. The zero-order valence-electron chi connectivity index (χ0n) is 13.6. The summed E-state index contributed by atoms with van der Waals surface area (Å²) in [5.41, 5.74) is 1.58. The number of hydrogen-bond acceptors (Lipinski definition) is 3. The summed E-state index contributed by atoms with van der Waals surface area (Å²) in [5.74, 6) is -1.27. The summed E-state index contributed by atoms with van der Waals surface area (Å²) >= 11 is 0. The van der Waals surface area contributed by atoms with E-state index in [1.54, 1.807) is 6.07 Å². The second-order valence-corrected chi connectivity index (χ2v) is 6.05. The molecule has 1 aliphatic rings. The van der Waals surface area contributed by atoms with Crippen LogP contribution in [-0.4, -0.2) is 29.2 Å². The predicted octanol–water partition coefficient (Wildman–Crippen LogP) is 2.35. The third-order valence-corrected chi connectivity index (χ3v) is 4.12. The third kappa shape index (κ3) is 3.25. The first-order valence-corrected chi connectivity index (χ1v) is 7.78. The molecule has 3 amide bonds. The Balaban J connectivity index is 2.35. The van der Waals surface area contributed by atoms with Gasteiger partial charge in [-0.25, -0.2) is 4.39 Å². The number of imide groups is 1. The highest BCUT2D eigenvalue weighted by Crippen LogP contribution is 2.31. The maximum absolute atomic E-state index is 14.1. The minimum atomic E-state index is -0.726. The number of amides is 3. The lowest BCUT2D eigenvalue weighted by molar-refractivity contribution is -0.129. The Bertz CT molecular complexity index is 643. The Morgan fingerprint density at radius 3 is 2.70 bits per heavy atom. The van der Waals surface area contributed by atoms with Gasteiger partial charge in [-0.1, -0.05) is 33.3 Å². The molecule has 6 heteroatoms. The summed E-state index contributed by atoms with van der Waals surface area (Å²) in [6, 6.07) is 2.23. The maximum atomic E-state index is 14.1. The van der Waals surface area contributed by atoms with Crippen LogP contribution in [0.4, 0.5) is 4.39 Å². The number of carbonyl (C=O) groups excluding carboxylic acids is 3. The van der Waals surface area contributed by atoms with Crippen molar-refractivity contribution in [1.29, 1.82) is 0 Å². The first-order valence-electron chi connectivity index (χ1n) is 7.78. The van der Waals surface area contributed by atoms with Crippen LogP contribution in [0.5, 0.6) is 0 Å². The average molecular weight is 320 g/mol. The topological polar surface area (TPSA) is 66.5 Å². The lowest BCUT2D eigenvalue weighted by Gasteiger charge is -2.25. The van der Waals surface area contributed by atoms with E-state index in [4.69, 9.17) is 0 Å². The molecule has 0 radical (unpaired) electrons. The standard InChI is InChI=1S/C17H21FN2O3/c1-4-5-15(16(22)19-9-21)20-8-11-6-12(10(2)3)14(18)7-13(11)17(20)23/h6-7,9-10,15H,4-5,8H2,1-3H3,(H,19,21,22). The van der Waals surface area contributed by atoms with Crippen molar-refractivity contribution < 1.29 is 18.8 Å². The summed E-state index contributed by atoms with van der Waals surface area (Å²) in [6.45, 7) is 5.92. The Morgan fingerprint density at radius 2 is 2.13 bits per heavy atom. The normalized spacial score (nSPS) is 14.8. The van der Waals surface area contributed by atoms with Crippen LogP contribution in [0.1, 0.15) is 61.0 Å². The molecule has 5 nitrogen and oxygen atoms in total. The number of nitrogens with zero attached hydrogens (tertiary/aromatic N) is 1. The number of rotatable bonds is 6. The van der Waals surface area contributed by atoms with E-state index in [0.29, 0.717) is 30.4 Å². The van der Waals surface area contributed by atoms with Crippen molar-refractivity contribution in [1.82, 2.24) is 10.2 Å². The van der Waals surface area contributed by atoms with Crippen molar-refractivity contribution in [3.05, 3.63) is 34.6 Å². The number of carbonyl (C=O) groups is 3. The smallest absolute Gasteiger partial charge is 0.255 e. The van der Waals surface area contributed by atoms with Crippen molar-refractivity contribution in [3.63, 3.8) is 0 Å². The number of halogens is 1. The predicted molar refractivity (Wildman–Crippen MR) is 83.3 cm³/mol. The molecule has 1 aromatic carbocycles. The van der Waals surface area contributed by atoms with Crippen LogP contribution < -0.4 is 5.32 Å². The molecule has 1 aliphatic heterocycles. The molecule has 0 fully saturated rings. The zero-order valence-corrected chi connectivity index (χ0v) is 13.6. The Kier molecular flexibility index (Phi) is 5.13. The van der Waals surface area contributed by atoms with Gasteiger partial charge in [0.15, 0.2) is 0 Å². The SMILES string of the molecule is CCCC(C(=O)NC=O)N1Cc2cc(C(C)C)c(F)cc2C1=O. The molecule has 0 aliphatic carbocycles. The van der Waals surface area contributed by atoms with Gasteiger partial charge in [-0.2, -0.15) is 0 Å². The molecule has 1 unspecified atom stereocenters. The largest absolute Gasteiger partial charge is 0.322 e. The van der Waals surface area contributed by atoms with E-state index in [-0.39, 0.29) is 18.4 Å². The van der Waals surface area contributed by atoms with Crippen LogP contribution in [0.15, 0.2) is 12.1 Å². The summed E-state index contributed by atoms with van der Waals surface area (Å²) < 4.78 is 14.1. The van der Waals surface area contributed by atoms with Crippen molar-refractivity contribution in [2.75, 3.05) is 0 Å². The average Bonchev–Trinajstić information content (AvgIpc) is 2.80. The van der Waals surface area contributed by atoms with Gasteiger partial charge in [-0.3, -0.25) is 19.7 Å². The van der Waals surface area contributed by atoms with Crippen molar-refractivity contribution >= 4 is 18.2 Å². The van der Waals surface area contributed by atoms with E-state index in [9.17, 15) is 18.8 Å². The van der Waals surface area contributed by atoms with Crippen LogP contribution in [-0.2, 0) is 16.1 Å². The molecule has 124 valence electrons. The zero-order chi connectivity index (χ0) is 17.1. The van der Waals surface area contributed by atoms with Crippen LogP contribution in [0.25, 0.3) is 0 Å². The Morgan fingerprint density at radius 1 is 1.43 bits per heavy atom. The number of benzene rings is 1. The highest BCUT2D eigenvalue weighted by atomic mass is 19.1. The van der Waals surface area contributed by atoms with E-state index >= 15 is 0 Å². The second-order valence-electron chi connectivity index (χ2n) is 6.05. The van der Waals surface area contributed by atoms with Gasteiger partial charge in [0.2, 0.25) is 12.3 Å². The molecule has 2 rings (SSSR count). The van der Waals surface area contributed by atoms with Gasteiger partial charge in [-0.05, 0) is 29.5 Å². The van der Waals surface area contributed by atoms with Gasteiger partial charge >= 0.3 is 0 Å². The molecule has 0 saturated heterocycles. The van der Waals surface area contributed by atoms with Crippen molar-refractivity contribution in [2.24, 2.45) is 0 Å². The highest BCUT2D eigenvalue weighted by molar-refractivity contribution is 6.02. The fourth-order valence-electron chi connectivity index (χ4n) is 2.93. The van der Waals surface area contributed by atoms with Crippen LogP contribution in [0.3, 0.4) is 0 Å². The lowest BCUT2D eigenvalue weighted by Crippen LogP contribution is -2.46. The van der Waals surface area contributed by atoms with Gasteiger partial charge in [0.1, 0.15) is 11.9 Å². The Labute approximate surface area is 134 Å². The van der Waals surface area contributed by atoms with Crippen LogP contribution >= 0.6 is 0 Å². The number of fused-ring (bicyclic) bond motifs is 1. The molecule has 0 aromatic heterocycles.